The second-order valence-electron chi connectivity index (χ2n) is 9.36. The Hall–Kier alpha value is -3.69. The molecule has 1 aromatic carbocycles. The maximum Gasteiger partial charge on any atom is 0.407 e. The van der Waals surface area contributed by atoms with Crippen molar-refractivity contribution in [1.82, 2.24) is 24.5 Å². The lowest BCUT2D eigenvalue weighted by molar-refractivity contribution is 0.0539. The van der Waals surface area contributed by atoms with E-state index in [1.54, 1.807) is 4.68 Å². The molecule has 0 aliphatic carbocycles. The molecule has 2 fully saturated rings. The zero-order valence-corrected chi connectivity index (χ0v) is 20.2. The lowest BCUT2D eigenvalue weighted by Crippen LogP contribution is -2.53. The number of anilines is 2. The Kier molecular flexibility index (Phi) is 7.71. The lowest BCUT2D eigenvalue weighted by atomic mass is 9.84. The number of hydrogen-bond donors (Lipinski definition) is 3. The van der Waals surface area contributed by atoms with E-state index in [-0.39, 0.29) is 17.9 Å². The third-order valence-corrected chi connectivity index (χ3v) is 7.07. The molecule has 4 rings (SSSR count). The number of rotatable bonds is 7. The van der Waals surface area contributed by atoms with Crippen molar-refractivity contribution in [1.29, 1.82) is 5.26 Å². The van der Waals surface area contributed by atoms with Gasteiger partial charge >= 0.3 is 6.09 Å². The van der Waals surface area contributed by atoms with Gasteiger partial charge in [-0.05, 0) is 44.2 Å². The summed E-state index contributed by atoms with van der Waals surface area (Å²) in [5, 5.41) is 27.5. The summed E-state index contributed by atoms with van der Waals surface area (Å²) in [7, 11) is 2.07. The summed E-state index contributed by atoms with van der Waals surface area (Å²) >= 11 is 0. The number of likely N-dealkylation sites (tertiary alicyclic amines) is 1. The van der Waals surface area contributed by atoms with Crippen molar-refractivity contribution < 1.29 is 19.1 Å². The molecule has 2 aliphatic rings. The van der Waals surface area contributed by atoms with Gasteiger partial charge in [-0.25, -0.2) is 9.18 Å². The number of primary amides is 1. The Labute approximate surface area is 208 Å². The van der Waals surface area contributed by atoms with Gasteiger partial charge in [-0.2, -0.15) is 10.4 Å². The van der Waals surface area contributed by atoms with Gasteiger partial charge in [-0.15, -0.1) is 0 Å². The first-order valence-electron chi connectivity index (χ1n) is 12.0. The van der Waals surface area contributed by atoms with E-state index in [1.165, 1.54) is 35.4 Å². The van der Waals surface area contributed by atoms with Crippen molar-refractivity contribution in [3.8, 4) is 6.07 Å². The molecule has 4 N–H and O–H groups in total. The van der Waals surface area contributed by atoms with Crippen molar-refractivity contribution >= 4 is 23.5 Å². The molecule has 1 aromatic heterocycles. The SMILES string of the molecule is CN1CCN(CCC2C(C#N)C(n3cc(C(N)=O)c(Nc4ccc(F)cc4)n3)CCN2C(=O)O)CC1. The van der Waals surface area contributed by atoms with Gasteiger partial charge in [0.1, 0.15) is 11.4 Å². The number of aromatic nitrogens is 2. The summed E-state index contributed by atoms with van der Waals surface area (Å²) < 4.78 is 14.8. The van der Waals surface area contributed by atoms with Crippen molar-refractivity contribution in [2.45, 2.75) is 24.9 Å². The average Bonchev–Trinajstić information content (AvgIpc) is 3.28. The van der Waals surface area contributed by atoms with Crippen LogP contribution in [-0.2, 0) is 0 Å². The van der Waals surface area contributed by atoms with Crippen molar-refractivity contribution in [2.24, 2.45) is 11.7 Å². The second kappa shape index (κ2) is 10.9. The number of halogens is 1. The number of hydrogen-bond acceptors (Lipinski definition) is 7. The molecule has 2 aromatic rings. The van der Waals surface area contributed by atoms with Crippen LogP contribution >= 0.6 is 0 Å². The maximum absolute atomic E-state index is 13.3. The third-order valence-electron chi connectivity index (χ3n) is 7.07. The molecule has 2 amide bonds. The van der Waals surface area contributed by atoms with Crippen LogP contribution in [0.25, 0.3) is 0 Å². The highest BCUT2D eigenvalue weighted by Crippen LogP contribution is 2.35. The normalized spacial score (nSPS) is 23.2. The molecule has 2 aliphatic heterocycles. The first-order chi connectivity index (χ1) is 17.3. The fourth-order valence-electron chi connectivity index (χ4n) is 5.00. The minimum atomic E-state index is -1.05. The van der Waals surface area contributed by atoms with Crippen LogP contribution in [0.3, 0.4) is 0 Å². The van der Waals surface area contributed by atoms with Gasteiger partial charge in [0.2, 0.25) is 0 Å². The average molecular weight is 499 g/mol. The van der Waals surface area contributed by atoms with Crippen LogP contribution in [0.15, 0.2) is 30.5 Å². The minimum absolute atomic E-state index is 0.130. The summed E-state index contributed by atoms with van der Waals surface area (Å²) in [5.74, 6) is -1.57. The monoisotopic (exact) mass is 498 g/mol. The van der Waals surface area contributed by atoms with E-state index in [4.69, 9.17) is 5.73 Å². The number of amides is 2. The summed E-state index contributed by atoms with van der Waals surface area (Å²) in [5.41, 5.74) is 6.23. The quantitative estimate of drug-likeness (QED) is 0.525. The van der Waals surface area contributed by atoms with Crippen molar-refractivity contribution in [3.63, 3.8) is 0 Å². The fourth-order valence-corrected chi connectivity index (χ4v) is 5.00. The van der Waals surface area contributed by atoms with Gasteiger partial charge in [-0.1, -0.05) is 0 Å². The molecular formula is C24H31FN8O3. The number of nitrogens with zero attached hydrogens (tertiary/aromatic N) is 6. The molecule has 0 saturated carbocycles. The molecule has 12 heteroatoms. The molecule has 0 bridgehead atoms. The molecule has 2 saturated heterocycles. The Morgan fingerprint density at radius 3 is 2.53 bits per heavy atom. The number of nitriles is 1. The molecule has 0 radical (unpaired) electrons. The molecule has 3 heterocycles. The van der Waals surface area contributed by atoms with Gasteiger partial charge in [0.05, 0.1) is 24.1 Å². The van der Waals surface area contributed by atoms with E-state index in [1.807, 2.05) is 0 Å². The number of carbonyl (C=O) groups excluding carboxylic acids is 1. The van der Waals surface area contributed by atoms with Gasteiger partial charge in [0, 0.05) is 51.2 Å². The first kappa shape index (κ1) is 25.4. The third kappa shape index (κ3) is 5.58. The molecule has 192 valence electrons. The smallest absolute Gasteiger partial charge is 0.407 e. The van der Waals surface area contributed by atoms with Crippen LogP contribution < -0.4 is 11.1 Å². The number of carboxylic acid groups (broad SMARTS) is 1. The molecule has 11 nitrogen and oxygen atoms in total. The maximum atomic E-state index is 13.3. The summed E-state index contributed by atoms with van der Waals surface area (Å²) in [6.45, 7) is 4.64. The Morgan fingerprint density at radius 2 is 1.92 bits per heavy atom. The number of piperazine rings is 1. The largest absolute Gasteiger partial charge is 0.465 e. The number of piperidine rings is 1. The van der Waals surface area contributed by atoms with E-state index in [0.29, 0.717) is 25.1 Å². The van der Waals surface area contributed by atoms with Crippen LogP contribution in [0.2, 0.25) is 0 Å². The van der Waals surface area contributed by atoms with Crippen molar-refractivity contribution in [2.75, 3.05) is 51.6 Å². The highest BCUT2D eigenvalue weighted by Gasteiger charge is 2.42. The van der Waals surface area contributed by atoms with Crippen molar-refractivity contribution in [3.05, 3.63) is 41.8 Å². The summed E-state index contributed by atoms with van der Waals surface area (Å²) in [6, 6.07) is 6.95. The van der Waals surface area contributed by atoms with Gasteiger partial charge < -0.3 is 30.9 Å². The van der Waals surface area contributed by atoms with E-state index in [9.17, 15) is 24.3 Å². The molecule has 36 heavy (non-hydrogen) atoms. The van der Waals surface area contributed by atoms with Gasteiger partial charge in [0.25, 0.3) is 5.91 Å². The van der Waals surface area contributed by atoms with E-state index < -0.39 is 35.8 Å². The predicted molar refractivity (Wildman–Crippen MR) is 130 cm³/mol. The van der Waals surface area contributed by atoms with Crippen LogP contribution in [0.1, 0.15) is 29.2 Å². The second-order valence-corrected chi connectivity index (χ2v) is 9.36. The topological polar surface area (TPSA) is 144 Å². The number of nitrogens with one attached hydrogen (secondary N) is 1. The molecule has 3 unspecified atom stereocenters. The lowest BCUT2D eigenvalue weighted by Gasteiger charge is -2.42. The number of likely N-dealkylation sites (N-methyl/N-ethyl adjacent to an activating group) is 1. The molecule has 0 spiro atoms. The van der Waals surface area contributed by atoms with E-state index in [0.717, 1.165) is 26.2 Å². The number of benzene rings is 1. The zero-order chi connectivity index (χ0) is 25.8. The van der Waals surface area contributed by atoms with Gasteiger partial charge in [0.15, 0.2) is 5.82 Å². The van der Waals surface area contributed by atoms with Crippen LogP contribution in [-0.4, -0.2) is 93.9 Å². The van der Waals surface area contributed by atoms with Gasteiger partial charge in [-0.3, -0.25) is 9.48 Å². The highest BCUT2D eigenvalue weighted by molar-refractivity contribution is 5.98. The van der Waals surface area contributed by atoms with Crippen LogP contribution in [0, 0.1) is 23.1 Å². The zero-order valence-electron chi connectivity index (χ0n) is 20.2. The molecule has 3 atom stereocenters. The minimum Gasteiger partial charge on any atom is -0.465 e. The first-order valence-corrected chi connectivity index (χ1v) is 12.0. The summed E-state index contributed by atoms with van der Waals surface area (Å²) in [4.78, 5) is 30.0. The van der Waals surface area contributed by atoms with Crippen LogP contribution in [0.5, 0.6) is 0 Å². The number of carbonyl (C=O) groups is 2. The summed E-state index contributed by atoms with van der Waals surface area (Å²) in [6.07, 6.45) is 1.34. The Morgan fingerprint density at radius 1 is 1.22 bits per heavy atom. The van der Waals surface area contributed by atoms with Crippen LogP contribution in [0.4, 0.5) is 20.7 Å². The standard InChI is InChI=1S/C24H31FN8O3/c1-30-10-12-31(13-11-30)8-6-20-18(14-26)21(7-9-32(20)24(35)36)33-15-19(22(27)34)23(29-33)28-17-4-2-16(25)3-5-17/h2-5,15,18,20-21H,6-13H2,1H3,(H2,27,34)(H,28,29)(H,35,36). The Bertz CT molecular complexity index is 1120. The predicted octanol–water partition coefficient (Wildman–Crippen LogP) is 1.94. The van der Waals surface area contributed by atoms with E-state index >= 15 is 0 Å². The van der Waals surface area contributed by atoms with E-state index in [2.05, 4.69) is 33.3 Å². The number of nitrogens with two attached hydrogens (primary N) is 1. The fraction of sp³-hybridized carbons (Fsp3) is 0.500. The highest BCUT2D eigenvalue weighted by atomic mass is 19.1. The molecular weight excluding hydrogens is 467 g/mol. The Balaban J connectivity index is 1.57.